The zero-order valence-corrected chi connectivity index (χ0v) is 15.1. The van der Waals surface area contributed by atoms with Crippen molar-refractivity contribution in [1.82, 2.24) is 0 Å². The van der Waals surface area contributed by atoms with E-state index in [4.69, 9.17) is 4.74 Å². The number of ether oxygens (including phenoxy) is 2. The molecule has 0 radical (unpaired) electrons. The first-order chi connectivity index (χ1) is 12.0. The molecule has 0 saturated heterocycles. The predicted molar refractivity (Wildman–Crippen MR) is 97.9 cm³/mol. The zero-order valence-electron chi connectivity index (χ0n) is 15.1. The number of phenols is 1. The Morgan fingerprint density at radius 2 is 1.88 bits per heavy atom. The van der Waals surface area contributed by atoms with E-state index in [-0.39, 0.29) is 18.1 Å². The minimum Gasteiger partial charge on any atom is -0.508 e. The molecule has 2 aromatic carbocycles. The van der Waals surface area contributed by atoms with Gasteiger partial charge in [-0.05, 0) is 29.5 Å². The highest BCUT2D eigenvalue weighted by atomic mass is 16.5. The monoisotopic (exact) mass is 342 g/mol. The average molecular weight is 342 g/mol. The van der Waals surface area contributed by atoms with Gasteiger partial charge in [0.2, 0.25) is 0 Å². The lowest BCUT2D eigenvalue weighted by atomic mass is 9.96. The Labute approximate surface area is 149 Å². The van der Waals surface area contributed by atoms with Gasteiger partial charge in [-0.15, -0.1) is 0 Å². The molecule has 0 aliphatic carbocycles. The van der Waals surface area contributed by atoms with E-state index in [0.29, 0.717) is 23.8 Å². The van der Waals surface area contributed by atoms with E-state index >= 15 is 0 Å². The molecule has 4 nitrogen and oxygen atoms in total. The number of carbonyl (C=O) groups is 1. The number of benzene rings is 2. The lowest BCUT2D eigenvalue weighted by molar-refractivity contribution is -0.139. The molecule has 0 spiro atoms. The minimum absolute atomic E-state index is 0.0339. The molecule has 1 N–H and O–H groups in total. The van der Waals surface area contributed by atoms with Crippen molar-refractivity contribution in [2.24, 2.45) is 0 Å². The molecule has 134 valence electrons. The highest BCUT2D eigenvalue weighted by Crippen LogP contribution is 2.25. The summed E-state index contributed by atoms with van der Waals surface area (Å²) in [6.07, 6.45) is 2.41. The first-order valence-corrected chi connectivity index (χ1v) is 8.63. The van der Waals surface area contributed by atoms with Crippen molar-refractivity contribution < 1.29 is 19.4 Å². The summed E-state index contributed by atoms with van der Waals surface area (Å²) in [6.45, 7) is 4.87. The molecular formula is C21H26O4. The molecule has 0 bridgehead atoms. The van der Waals surface area contributed by atoms with Gasteiger partial charge in [0.1, 0.15) is 18.1 Å². The summed E-state index contributed by atoms with van der Waals surface area (Å²) < 4.78 is 10.3. The van der Waals surface area contributed by atoms with Crippen molar-refractivity contribution in [3.8, 4) is 11.5 Å². The topological polar surface area (TPSA) is 55.8 Å². The standard InChI is InChI=1S/C21H26O4/c1-4-5-15(2)17-8-6-16(7-9-17)14-25-19-11-10-18(20(22)13-19)12-21(23)24-3/h6-11,13,15,22H,4-5,12,14H2,1-3H3. The molecule has 25 heavy (non-hydrogen) atoms. The fraction of sp³-hybridized carbons (Fsp3) is 0.381. The number of methoxy groups -OCH3 is 1. The average Bonchev–Trinajstić information content (AvgIpc) is 2.62. The van der Waals surface area contributed by atoms with E-state index in [2.05, 4.69) is 42.8 Å². The van der Waals surface area contributed by atoms with Crippen LogP contribution in [0.3, 0.4) is 0 Å². The van der Waals surface area contributed by atoms with Crippen molar-refractivity contribution in [2.75, 3.05) is 7.11 Å². The van der Waals surface area contributed by atoms with Crippen molar-refractivity contribution in [2.45, 2.75) is 45.6 Å². The number of phenolic OH excluding ortho intramolecular Hbond substituents is 1. The van der Waals surface area contributed by atoms with Gasteiger partial charge in [0.15, 0.2) is 0 Å². The van der Waals surface area contributed by atoms with Crippen LogP contribution >= 0.6 is 0 Å². The highest BCUT2D eigenvalue weighted by molar-refractivity contribution is 5.73. The first-order valence-electron chi connectivity index (χ1n) is 8.63. The third-order valence-electron chi connectivity index (χ3n) is 4.30. The summed E-state index contributed by atoms with van der Waals surface area (Å²) in [5, 5.41) is 9.99. The molecule has 0 aromatic heterocycles. The van der Waals surface area contributed by atoms with Gasteiger partial charge in [-0.1, -0.05) is 50.6 Å². The molecular weight excluding hydrogens is 316 g/mol. The number of hydrogen-bond acceptors (Lipinski definition) is 4. The SMILES string of the molecule is CCCC(C)c1ccc(COc2ccc(CC(=O)OC)c(O)c2)cc1. The van der Waals surface area contributed by atoms with Crippen LogP contribution in [0.25, 0.3) is 0 Å². The highest BCUT2D eigenvalue weighted by Gasteiger charge is 2.09. The van der Waals surface area contributed by atoms with Crippen LogP contribution in [0.2, 0.25) is 0 Å². The molecule has 0 aliphatic rings. The van der Waals surface area contributed by atoms with E-state index < -0.39 is 0 Å². The van der Waals surface area contributed by atoms with Crippen LogP contribution in [0.5, 0.6) is 11.5 Å². The van der Waals surface area contributed by atoms with Crippen LogP contribution in [-0.2, 0) is 22.6 Å². The predicted octanol–water partition coefficient (Wildman–Crippen LogP) is 4.59. The number of rotatable bonds is 8. The maximum absolute atomic E-state index is 11.3. The second-order valence-corrected chi connectivity index (χ2v) is 6.26. The van der Waals surface area contributed by atoms with E-state index in [1.807, 2.05) is 0 Å². The molecule has 0 amide bonds. The number of aromatic hydroxyl groups is 1. The lowest BCUT2D eigenvalue weighted by Crippen LogP contribution is -2.04. The number of carbonyl (C=O) groups excluding carboxylic acids is 1. The van der Waals surface area contributed by atoms with Crippen LogP contribution < -0.4 is 4.74 Å². The largest absolute Gasteiger partial charge is 0.508 e. The van der Waals surface area contributed by atoms with Gasteiger partial charge in [0.05, 0.1) is 13.5 Å². The summed E-state index contributed by atoms with van der Waals surface area (Å²) >= 11 is 0. The lowest BCUT2D eigenvalue weighted by Gasteiger charge is -2.12. The van der Waals surface area contributed by atoms with Gasteiger partial charge in [-0.3, -0.25) is 4.79 Å². The molecule has 1 atom stereocenters. The summed E-state index contributed by atoms with van der Waals surface area (Å²) in [5.74, 6) is 0.779. The van der Waals surface area contributed by atoms with E-state index in [1.165, 1.54) is 31.6 Å². The maximum Gasteiger partial charge on any atom is 0.310 e. The Kier molecular flexibility index (Phi) is 6.87. The Morgan fingerprint density at radius 1 is 1.16 bits per heavy atom. The minimum atomic E-state index is -0.388. The van der Waals surface area contributed by atoms with Crippen LogP contribution in [0.4, 0.5) is 0 Å². The van der Waals surface area contributed by atoms with Gasteiger partial charge in [0.25, 0.3) is 0 Å². The molecule has 1 unspecified atom stereocenters. The van der Waals surface area contributed by atoms with Gasteiger partial charge in [-0.2, -0.15) is 0 Å². The smallest absolute Gasteiger partial charge is 0.310 e. The van der Waals surface area contributed by atoms with Crippen molar-refractivity contribution in [3.63, 3.8) is 0 Å². The third-order valence-corrected chi connectivity index (χ3v) is 4.30. The number of esters is 1. The second-order valence-electron chi connectivity index (χ2n) is 6.26. The molecule has 0 saturated carbocycles. The Morgan fingerprint density at radius 3 is 2.48 bits per heavy atom. The maximum atomic E-state index is 11.3. The van der Waals surface area contributed by atoms with Crippen LogP contribution in [0.1, 0.15) is 49.3 Å². The fourth-order valence-electron chi connectivity index (χ4n) is 2.72. The van der Waals surface area contributed by atoms with Gasteiger partial charge >= 0.3 is 5.97 Å². The van der Waals surface area contributed by atoms with E-state index in [1.54, 1.807) is 12.1 Å². The van der Waals surface area contributed by atoms with Crippen molar-refractivity contribution in [1.29, 1.82) is 0 Å². The van der Waals surface area contributed by atoms with Gasteiger partial charge in [-0.25, -0.2) is 0 Å². The Balaban J connectivity index is 1.94. The fourth-order valence-corrected chi connectivity index (χ4v) is 2.72. The van der Waals surface area contributed by atoms with Gasteiger partial charge in [0, 0.05) is 11.6 Å². The number of hydrogen-bond donors (Lipinski definition) is 1. The molecule has 2 rings (SSSR count). The quantitative estimate of drug-likeness (QED) is 0.713. The Bertz CT molecular complexity index is 692. The molecule has 0 fully saturated rings. The second kappa shape index (κ2) is 9.11. The third kappa shape index (κ3) is 5.52. The summed E-state index contributed by atoms with van der Waals surface area (Å²) in [5.41, 5.74) is 2.94. The molecule has 0 aliphatic heterocycles. The Hall–Kier alpha value is -2.49. The normalized spacial score (nSPS) is 11.8. The molecule has 4 heteroatoms. The molecule has 0 heterocycles. The summed E-state index contributed by atoms with van der Waals surface area (Å²) in [6, 6.07) is 13.4. The first kappa shape index (κ1) is 18.8. The van der Waals surface area contributed by atoms with Crippen molar-refractivity contribution in [3.05, 3.63) is 59.2 Å². The zero-order chi connectivity index (χ0) is 18.2. The molecule has 2 aromatic rings. The van der Waals surface area contributed by atoms with Gasteiger partial charge < -0.3 is 14.6 Å². The van der Waals surface area contributed by atoms with E-state index in [9.17, 15) is 9.90 Å². The van der Waals surface area contributed by atoms with Crippen LogP contribution in [-0.4, -0.2) is 18.2 Å². The van der Waals surface area contributed by atoms with Crippen LogP contribution in [0.15, 0.2) is 42.5 Å². The van der Waals surface area contributed by atoms with Crippen LogP contribution in [0, 0.1) is 0 Å². The summed E-state index contributed by atoms with van der Waals surface area (Å²) in [7, 11) is 1.32. The summed E-state index contributed by atoms with van der Waals surface area (Å²) in [4.78, 5) is 11.3. The van der Waals surface area contributed by atoms with E-state index in [0.717, 1.165) is 5.56 Å². The van der Waals surface area contributed by atoms with Crippen molar-refractivity contribution >= 4 is 5.97 Å².